The van der Waals surface area contributed by atoms with E-state index in [9.17, 15) is 4.79 Å². The van der Waals surface area contributed by atoms with E-state index in [2.05, 4.69) is 15.4 Å². The minimum atomic E-state index is -0.274. The van der Waals surface area contributed by atoms with Crippen LogP contribution in [0.4, 0.5) is 0 Å². The van der Waals surface area contributed by atoms with E-state index in [1.54, 1.807) is 11.0 Å². The molecule has 1 aliphatic rings. The number of amides is 1. The van der Waals surface area contributed by atoms with Crippen molar-refractivity contribution in [1.29, 1.82) is 0 Å². The number of nitrogens with one attached hydrogen (secondary N) is 1. The van der Waals surface area contributed by atoms with E-state index in [1.165, 1.54) is 25.6 Å². The molecule has 16 heavy (non-hydrogen) atoms. The minimum Gasteiger partial charge on any atom is -0.352 e. The SMILES string of the molecule is CC(C(=O)NC1CCCCC1)n1cncn1. The standard InChI is InChI=1S/C11H18N4O/c1-9(15-8-12-7-13-15)11(16)14-10-5-3-2-4-6-10/h7-10H,2-6H2,1H3,(H,14,16). The van der Waals surface area contributed by atoms with E-state index in [-0.39, 0.29) is 11.9 Å². The van der Waals surface area contributed by atoms with Crippen LogP contribution in [0.2, 0.25) is 0 Å². The number of aromatic nitrogens is 3. The molecule has 88 valence electrons. The van der Waals surface area contributed by atoms with E-state index in [0.29, 0.717) is 6.04 Å². The average Bonchev–Trinajstić information content (AvgIpc) is 2.83. The second kappa shape index (κ2) is 5.09. The first kappa shape index (κ1) is 11.1. The molecule has 1 saturated carbocycles. The molecule has 1 unspecified atom stereocenters. The molecule has 1 amide bonds. The van der Waals surface area contributed by atoms with Gasteiger partial charge in [-0.1, -0.05) is 19.3 Å². The van der Waals surface area contributed by atoms with Crippen LogP contribution in [-0.2, 0) is 4.79 Å². The molecule has 1 aromatic rings. The number of nitrogens with zero attached hydrogens (tertiary/aromatic N) is 3. The minimum absolute atomic E-state index is 0.0393. The Morgan fingerprint density at radius 2 is 2.19 bits per heavy atom. The van der Waals surface area contributed by atoms with Gasteiger partial charge in [0.05, 0.1) is 0 Å². The van der Waals surface area contributed by atoms with Gasteiger partial charge in [0.1, 0.15) is 18.7 Å². The lowest BCUT2D eigenvalue weighted by Crippen LogP contribution is -2.40. The van der Waals surface area contributed by atoms with E-state index in [0.717, 1.165) is 12.8 Å². The van der Waals surface area contributed by atoms with Crippen LogP contribution in [0.3, 0.4) is 0 Å². The topological polar surface area (TPSA) is 59.8 Å². The van der Waals surface area contributed by atoms with Gasteiger partial charge in [-0.25, -0.2) is 9.67 Å². The van der Waals surface area contributed by atoms with Crippen molar-refractivity contribution in [3.05, 3.63) is 12.7 Å². The highest BCUT2D eigenvalue weighted by molar-refractivity contribution is 5.80. The Hall–Kier alpha value is -1.39. The smallest absolute Gasteiger partial charge is 0.244 e. The molecule has 5 nitrogen and oxygen atoms in total. The van der Waals surface area contributed by atoms with Crippen molar-refractivity contribution < 1.29 is 4.79 Å². The lowest BCUT2D eigenvalue weighted by Gasteiger charge is -2.24. The Morgan fingerprint density at radius 1 is 1.44 bits per heavy atom. The van der Waals surface area contributed by atoms with Crippen LogP contribution in [0.15, 0.2) is 12.7 Å². The first-order valence-corrected chi connectivity index (χ1v) is 5.92. The Labute approximate surface area is 95.2 Å². The van der Waals surface area contributed by atoms with Crippen molar-refractivity contribution in [3.63, 3.8) is 0 Å². The molecule has 2 rings (SSSR count). The molecule has 1 aromatic heterocycles. The molecule has 0 radical (unpaired) electrons. The maximum absolute atomic E-state index is 11.9. The van der Waals surface area contributed by atoms with Gasteiger partial charge in [0.15, 0.2) is 0 Å². The number of carbonyl (C=O) groups excluding carboxylic acids is 1. The normalized spacial score (nSPS) is 19.3. The molecule has 0 spiro atoms. The van der Waals surface area contributed by atoms with Gasteiger partial charge < -0.3 is 5.32 Å². The van der Waals surface area contributed by atoms with E-state index in [4.69, 9.17) is 0 Å². The summed E-state index contributed by atoms with van der Waals surface area (Å²) in [5.41, 5.74) is 0. The van der Waals surface area contributed by atoms with E-state index in [1.807, 2.05) is 6.92 Å². The predicted molar refractivity (Wildman–Crippen MR) is 59.7 cm³/mol. The molecule has 0 bridgehead atoms. The second-order valence-electron chi connectivity index (χ2n) is 4.39. The summed E-state index contributed by atoms with van der Waals surface area (Å²) in [5.74, 6) is 0.0393. The number of carbonyl (C=O) groups is 1. The quantitative estimate of drug-likeness (QED) is 0.838. The zero-order valence-electron chi connectivity index (χ0n) is 9.59. The van der Waals surface area contributed by atoms with E-state index >= 15 is 0 Å². The van der Waals surface area contributed by atoms with Gasteiger partial charge in [-0.3, -0.25) is 4.79 Å². The molecular formula is C11H18N4O. The second-order valence-corrected chi connectivity index (χ2v) is 4.39. The van der Waals surface area contributed by atoms with Crippen molar-refractivity contribution in [2.75, 3.05) is 0 Å². The first-order valence-electron chi connectivity index (χ1n) is 5.92. The van der Waals surface area contributed by atoms with Crippen LogP contribution >= 0.6 is 0 Å². The van der Waals surface area contributed by atoms with Crippen molar-refractivity contribution in [1.82, 2.24) is 20.1 Å². The lowest BCUT2D eigenvalue weighted by molar-refractivity contribution is -0.125. The fraction of sp³-hybridized carbons (Fsp3) is 0.727. The zero-order valence-corrected chi connectivity index (χ0v) is 9.59. The highest BCUT2D eigenvalue weighted by Gasteiger charge is 2.20. The van der Waals surface area contributed by atoms with E-state index < -0.39 is 0 Å². The highest BCUT2D eigenvalue weighted by Crippen LogP contribution is 2.18. The van der Waals surface area contributed by atoms with Gasteiger partial charge in [0.25, 0.3) is 0 Å². The predicted octanol–water partition coefficient (Wildman–Crippen LogP) is 1.29. The zero-order chi connectivity index (χ0) is 11.4. The van der Waals surface area contributed by atoms with Crippen molar-refractivity contribution >= 4 is 5.91 Å². The van der Waals surface area contributed by atoms with Crippen LogP contribution in [0.5, 0.6) is 0 Å². The fourth-order valence-corrected chi connectivity index (χ4v) is 2.11. The van der Waals surface area contributed by atoms with Crippen LogP contribution in [0.1, 0.15) is 45.1 Å². The van der Waals surface area contributed by atoms with Crippen molar-refractivity contribution in [3.8, 4) is 0 Å². The summed E-state index contributed by atoms with van der Waals surface area (Å²) < 4.78 is 1.58. The van der Waals surface area contributed by atoms with Gasteiger partial charge in [0.2, 0.25) is 5.91 Å². The summed E-state index contributed by atoms with van der Waals surface area (Å²) in [6.45, 7) is 1.84. The van der Waals surface area contributed by atoms with Crippen LogP contribution in [-0.4, -0.2) is 26.7 Å². The molecule has 0 aromatic carbocycles. The monoisotopic (exact) mass is 222 g/mol. The highest BCUT2D eigenvalue weighted by atomic mass is 16.2. The summed E-state index contributed by atoms with van der Waals surface area (Å²) in [6, 6.07) is 0.0802. The van der Waals surface area contributed by atoms with Crippen LogP contribution in [0, 0.1) is 0 Å². The Balaban J connectivity index is 1.87. The third-order valence-corrected chi connectivity index (χ3v) is 3.16. The Morgan fingerprint density at radius 3 is 2.81 bits per heavy atom. The summed E-state index contributed by atoms with van der Waals surface area (Å²) in [7, 11) is 0. The lowest BCUT2D eigenvalue weighted by atomic mass is 9.95. The molecule has 1 atom stereocenters. The van der Waals surface area contributed by atoms with Crippen molar-refractivity contribution in [2.24, 2.45) is 0 Å². The molecule has 5 heteroatoms. The Bertz CT molecular complexity index is 330. The summed E-state index contributed by atoms with van der Waals surface area (Å²) in [6.07, 6.45) is 8.98. The van der Waals surface area contributed by atoms with Crippen molar-refractivity contribution in [2.45, 2.75) is 51.1 Å². The molecule has 1 aliphatic carbocycles. The van der Waals surface area contributed by atoms with Gasteiger partial charge in [0, 0.05) is 6.04 Å². The molecule has 1 heterocycles. The summed E-state index contributed by atoms with van der Waals surface area (Å²) in [5, 5.41) is 7.05. The maximum atomic E-state index is 11.9. The third kappa shape index (κ3) is 2.59. The summed E-state index contributed by atoms with van der Waals surface area (Å²) in [4.78, 5) is 15.8. The molecule has 1 N–H and O–H groups in total. The molecule has 0 saturated heterocycles. The Kier molecular flexibility index (Phi) is 3.54. The van der Waals surface area contributed by atoms with Crippen LogP contribution in [0.25, 0.3) is 0 Å². The summed E-state index contributed by atoms with van der Waals surface area (Å²) >= 11 is 0. The van der Waals surface area contributed by atoms with Crippen LogP contribution < -0.4 is 5.32 Å². The third-order valence-electron chi connectivity index (χ3n) is 3.16. The maximum Gasteiger partial charge on any atom is 0.244 e. The fourth-order valence-electron chi connectivity index (χ4n) is 2.11. The number of rotatable bonds is 3. The molecule has 1 fully saturated rings. The van der Waals surface area contributed by atoms with Gasteiger partial charge in [-0.15, -0.1) is 0 Å². The largest absolute Gasteiger partial charge is 0.352 e. The number of hydrogen-bond donors (Lipinski definition) is 1. The molecule has 0 aliphatic heterocycles. The average molecular weight is 222 g/mol. The van der Waals surface area contributed by atoms with Gasteiger partial charge in [-0.05, 0) is 19.8 Å². The first-order chi connectivity index (χ1) is 7.77. The molecular weight excluding hydrogens is 204 g/mol. The van der Waals surface area contributed by atoms with Gasteiger partial charge >= 0.3 is 0 Å². The number of hydrogen-bond acceptors (Lipinski definition) is 3. The van der Waals surface area contributed by atoms with Gasteiger partial charge in [-0.2, -0.15) is 5.10 Å².